The van der Waals surface area contributed by atoms with E-state index in [0.29, 0.717) is 16.0 Å². The number of nitrogens with zero attached hydrogens (tertiary/aromatic N) is 1. The summed E-state index contributed by atoms with van der Waals surface area (Å²) in [5, 5.41) is 0. The van der Waals surface area contributed by atoms with Crippen LogP contribution in [0.25, 0.3) is 17.0 Å². The molecule has 0 aliphatic rings. The molecule has 0 spiro atoms. The van der Waals surface area contributed by atoms with Crippen molar-refractivity contribution in [1.29, 1.82) is 0 Å². The number of furan rings is 1. The van der Waals surface area contributed by atoms with Crippen LogP contribution in [0.4, 0.5) is 0 Å². The highest BCUT2D eigenvalue weighted by atomic mass is 79.9. The highest BCUT2D eigenvalue weighted by Gasteiger charge is 2.10. The first kappa shape index (κ1) is 15.2. The van der Waals surface area contributed by atoms with Gasteiger partial charge in [-0.3, -0.25) is 4.57 Å². The number of rotatable bonds is 3. The molecule has 0 aliphatic carbocycles. The maximum Gasteiger partial charge on any atom is 0.274 e. The molecule has 7 heteroatoms. The molecule has 22 heavy (non-hydrogen) atoms. The van der Waals surface area contributed by atoms with Gasteiger partial charge in [0.2, 0.25) is 4.71 Å². The van der Waals surface area contributed by atoms with Gasteiger partial charge < -0.3 is 13.6 Å². The zero-order chi connectivity index (χ0) is 15.7. The lowest BCUT2D eigenvalue weighted by atomic mass is 10.2. The van der Waals surface area contributed by atoms with E-state index in [9.17, 15) is 0 Å². The van der Waals surface area contributed by atoms with Gasteiger partial charge in [-0.25, -0.2) is 0 Å². The van der Waals surface area contributed by atoms with E-state index in [2.05, 4.69) is 15.9 Å². The van der Waals surface area contributed by atoms with E-state index in [-0.39, 0.29) is 9.54 Å². The minimum Gasteiger partial charge on any atom is -0.497 e. The van der Waals surface area contributed by atoms with E-state index in [0.717, 1.165) is 11.4 Å². The Bertz CT molecular complexity index is 925. The second-order valence-electron chi connectivity index (χ2n) is 4.37. The molecule has 2 aromatic heterocycles. The van der Waals surface area contributed by atoms with Gasteiger partial charge in [0, 0.05) is 11.9 Å². The Morgan fingerprint density at radius 1 is 1.05 bits per heavy atom. The Kier molecular flexibility index (Phi) is 4.28. The minimum atomic E-state index is 0.268. The summed E-state index contributed by atoms with van der Waals surface area (Å²) < 4.78 is 18.8. The number of benzene rings is 1. The Morgan fingerprint density at radius 3 is 2.36 bits per heavy atom. The van der Waals surface area contributed by atoms with E-state index in [1.807, 2.05) is 30.3 Å². The molecule has 0 unspecified atom stereocenters. The molecule has 0 fully saturated rings. The van der Waals surface area contributed by atoms with Gasteiger partial charge in [-0.15, -0.1) is 0 Å². The van der Waals surface area contributed by atoms with Crippen LogP contribution in [0.2, 0.25) is 0 Å². The molecular formula is C15H10BrNO3S2. The van der Waals surface area contributed by atoms with Gasteiger partial charge in [-0.2, -0.15) is 0 Å². The fourth-order valence-electron chi connectivity index (χ4n) is 1.96. The monoisotopic (exact) mass is 395 g/mol. The van der Waals surface area contributed by atoms with Gasteiger partial charge in [-0.05, 0) is 76.8 Å². The summed E-state index contributed by atoms with van der Waals surface area (Å²) in [4.78, 5) is 0.268. The fraction of sp³-hybridized carbons (Fsp3) is 0.0667. The molecular weight excluding hydrogens is 386 g/mol. The van der Waals surface area contributed by atoms with Crippen molar-refractivity contribution in [3.8, 4) is 22.8 Å². The van der Waals surface area contributed by atoms with Gasteiger partial charge >= 0.3 is 0 Å². The highest BCUT2D eigenvalue weighted by Crippen LogP contribution is 2.27. The standard InChI is InChI=1S/C15H10BrNO3S2/c1-18-10-4-2-9(3-5-10)17-8-11(14(21)20-15(17)22)12-6-7-13(16)19-12/h2-8H,1H3. The van der Waals surface area contributed by atoms with E-state index >= 15 is 0 Å². The summed E-state index contributed by atoms with van der Waals surface area (Å²) in [7, 11) is 1.62. The third-order valence-corrected chi connectivity index (χ3v) is 4.05. The van der Waals surface area contributed by atoms with Crippen molar-refractivity contribution in [2.45, 2.75) is 0 Å². The van der Waals surface area contributed by atoms with Crippen molar-refractivity contribution in [1.82, 2.24) is 4.57 Å². The summed E-state index contributed by atoms with van der Waals surface area (Å²) >= 11 is 13.8. The molecule has 3 aromatic rings. The second kappa shape index (κ2) is 6.20. The van der Waals surface area contributed by atoms with Crippen LogP contribution in [-0.4, -0.2) is 11.7 Å². The number of aromatic nitrogens is 1. The molecule has 3 rings (SSSR count). The molecule has 0 radical (unpaired) electrons. The summed E-state index contributed by atoms with van der Waals surface area (Å²) in [6, 6.07) is 11.1. The molecule has 0 N–H and O–H groups in total. The van der Waals surface area contributed by atoms with Crippen LogP contribution in [0.5, 0.6) is 5.75 Å². The lowest BCUT2D eigenvalue weighted by Gasteiger charge is -2.08. The minimum absolute atomic E-state index is 0.268. The summed E-state index contributed by atoms with van der Waals surface area (Å²) in [6.07, 6.45) is 1.81. The van der Waals surface area contributed by atoms with E-state index in [4.69, 9.17) is 38.0 Å². The lowest BCUT2D eigenvalue weighted by molar-refractivity contribution is 0.414. The maximum atomic E-state index is 5.54. The first-order valence-corrected chi connectivity index (χ1v) is 7.86. The zero-order valence-corrected chi connectivity index (χ0v) is 14.6. The van der Waals surface area contributed by atoms with Crippen molar-refractivity contribution < 1.29 is 13.6 Å². The van der Waals surface area contributed by atoms with Crippen LogP contribution < -0.4 is 4.74 Å². The fourth-order valence-corrected chi connectivity index (χ4v) is 2.80. The zero-order valence-electron chi connectivity index (χ0n) is 11.4. The van der Waals surface area contributed by atoms with Gasteiger partial charge in [-0.1, -0.05) is 0 Å². The van der Waals surface area contributed by atoms with E-state index in [1.165, 1.54) is 0 Å². The van der Waals surface area contributed by atoms with Crippen molar-refractivity contribution in [2.75, 3.05) is 7.11 Å². The maximum absolute atomic E-state index is 5.54. The quantitative estimate of drug-likeness (QED) is 0.542. The third-order valence-electron chi connectivity index (χ3n) is 3.04. The molecule has 1 aromatic carbocycles. The molecule has 0 aliphatic heterocycles. The Balaban J connectivity index is 2.15. The van der Waals surface area contributed by atoms with Crippen molar-refractivity contribution in [2.24, 2.45) is 0 Å². The van der Waals surface area contributed by atoms with Crippen LogP contribution >= 0.6 is 40.4 Å². The SMILES string of the molecule is COc1ccc(-n2cc(-c3ccc(Br)o3)c(=S)oc2=S)cc1. The van der Waals surface area contributed by atoms with Gasteiger partial charge in [0.05, 0.1) is 12.7 Å². The van der Waals surface area contributed by atoms with E-state index < -0.39 is 0 Å². The molecule has 112 valence electrons. The molecule has 0 saturated carbocycles. The molecule has 0 atom stereocenters. The van der Waals surface area contributed by atoms with E-state index in [1.54, 1.807) is 23.9 Å². The van der Waals surface area contributed by atoms with Crippen LogP contribution in [0.1, 0.15) is 0 Å². The average molecular weight is 396 g/mol. The Hall–Kier alpha value is -1.70. The summed E-state index contributed by atoms with van der Waals surface area (Å²) in [5.74, 6) is 1.38. The smallest absolute Gasteiger partial charge is 0.274 e. The molecule has 0 bridgehead atoms. The van der Waals surface area contributed by atoms with Gasteiger partial charge in [0.1, 0.15) is 11.5 Å². The van der Waals surface area contributed by atoms with Crippen molar-refractivity contribution in [3.63, 3.8) is 0 Å². The average Bonchev–Trinajstić information content (AvgIpc) is 2.94. The van der Waals surface area contributed by atoms with Gasteiger partial charge in [0.15, 0.2) is 4.67 Å². The second-order valence-corrected chi connectivity index (χ2v) is 5.87. The Labute approximate surface area is 145 Å². The first-order valence-electron chi connectivity index (χ1n) is 6.25. The predicted octanol–water partition coefficient (Wildman–Crippen LogP) is 5.56. The topological polar surface area (TPSA) is 40.4 Å². The van der Waals surface area contributed by atoms with Crippen molar-refractivity contribution in [3.05, 3.63) is 56.8 Å². The lowest BCUT2D eigenvalue weighted by Crippen LogP contribution is -1.98. The summed E-state index contributed by atoms with van der Waals surface area (Å²) in [6.45, 7) is 0. The number of hydrogen-bond acceptors (Lipinski definition) is 5. The molecule has 0 amide bonds. The van der Waals surface area contributed by atoms with Crippen LogP contribution in [0, 0.1) is 9.54 Å². The first-order chi connectivity index (χ1) is 10.6. The predicted molar refractivity (Wildman–Crippen MR) is 91.7 cm³/mol. The molecule has 0 saturated heterocycles. The van der Waals surface area contributed by atoms with Crippen LogP contribution in [-0.2, 0) is 0 Å². The Morgan fingerprint density at radius 2 is 1.77 bits per heavy atom. The normalized spacial score (nSPS) is 10.6. The van der Waals surface area contributed by atoms with Crippen LogP contribution in [0.3, 0.4) is 0 Å². The number of hydrogen-bond donors (Lipinski definition) is 0. The summed E-state index contributed by atoms with van der Waals surface area (Å²) in [5.41, 5.74) is 1.50. The number of methoxy groups -OCH3 is 1. The number of ether oxygens (including phenoxy) is 1. The van der Waals surface area contributed by atoms with Crippen LogP contribution in [0.15, 0.2) is 56.1 Å². The molecule has 2 heterocycles. The third kappa shape index (κ3) is 2.92. The van der Waals surface area contributed by atoms with Crippen molar-refractivity contribution >= 4 is 40.4 Å². The molecule has 4 nitrogen and oxygen atoms in total. The highest BCUT2D eigenvalue weighted by molar-refractivity contribution is 9.10. The number of halogens is 1. The van der Waals surface area contributed by atoms with Gasteiger partial charge in [0.25, 0.3) is 4.84 Å². The largest absolute Gasteiger partial charge is 0.497 e.